The second-order valence-corrected chi connectivity index (χ2v) is 10.3. The van der Waals surface area contributed by atoms with Crippen LogP contribution in [0.15, 0.2) is 82.7 Å². The third-order valence-corrected chi connectivity index (χ3v) is 7.00. The van der Waals surface area contributed by atoms with Gasteiger partial charge in [-0.3, -0.25) is 4.79 Å². The minimum atomic E-state index is -3.77. The van der Waals surface area contributed by atoms with Crippen molar-refractivity contribution in [3.8, 4) is 0 Å². The van der Waals surface area contributed by atoms with Gasteiger partial charge in [-0.25, -0.2) is 22.8 Å². The Morgan fingerprint density at radius 2 is 1.78 bits per heavy atom. The zero-order valence-corrected chi connectivity index (χ0v) is 20.6. The van der Waals surface area contributed by atoms with Crippen molar-refractivity contribution >= 4 is 27.1 Å². The maximum Gasteiger partial charge on any atom is 0.276 e. The monoisotopic (exact) mass is 508 g/mol. The number of anilines is 2. The van der Waals surface area contributed by atoms with E-state index < -0.39 is 20.9 Å². The summed E-state index contributed by atoms with van der Waals surface area (Å²) in [4.78, 5) is 23.4. The molecule has 0 saturated carbocycles. The third kappa shape index (κ3) is 5.95. The minimum absolute atomic E-state index is 0.105. The quantitative estimate of drug-likeness (QED) is 0.325. The summed E-state index contributed by atoms with van der Waals surface area (Å²) in [6.07, 6.45) is 2.86. The molecule has 4 aromatic rings. The van der Waals surface area contributed by atoms with E-state index in [0.717, 1.165) is 11.1 Å². The van der Waals surface area contributed by atoms with Gasteiger partial charge in [0.05, 0.1) is 30.4 Å². The molecule has 0 saturated heterocycles. The molecule has 10 heteroatoms. The number of nitrogens with zero attached hydrogens (tertiary/aromatic N) is 3. The van der Waals surface area contributed by atoms with Crippen LogP contribution >= 0.6 is 0 Å². The van der Waals surface area contributed by atoms with Gasteiger partial charge in [0.25, 0.3) is 5.91 Å². The number of benzene rings is 2. The minimum Gasteiger partial charge on any atom is -0.467 e. The maximum atomic E-state index is 13.5. The molecule has 0 aliphatic carbocycles. The first kappa shape index (κ1) is 25.1. The van der Waals surface area contributed by atoms with E-state index in [9.17, 15) is 17.6 Å². The van der Waals surface area contributed by atoms with Crippen molar-refractivity contribution in [3.05, 3.63) is 102 Å². The number of hydrogen-bond acceptors (Lipinski definition) is 7. The normalized spacial score (nSPS) is 11.3. The van der Waals surface area contributed by atoms with Gasteiger partial charge in [-0.15, -0.1) is 0 Å². The van der Waals surface area contributed by atoms with Gasteiger partial charge < -0.3 is 14.6 Å². The molecule has 1 N–H and O–H groups in total. The molecule has 0 fully saturated rings. The summed E-state index contributed by atoms with van der Waals surface area (Å²) < 4.78 is 44.0. The van der Waals surface area contributed by atoms with Crippen LogP contribution < -0.4 is 10.2 Å². The smallest absolute Gasteiger partial charge is 0.276 e. The van der Waals surface area contributed by atoms with Gasteiger partial charge in [0, 0.05) is 12.2 Å². The van der Waals surface area contributed by atoms with Crippen LogP contribution in [0.4, 0.5) is 15.8 Å². The molecule has 0 unspecified atom stereocenters. The topological polar surface area (TPSA) is 105 Å². The Kier molecular flexibility index (Phi) is 7.44. The molecule has 0 atom stereocenters. The Hall–Kier alpha value is -4.05. The van der Waals surface area contributed by atoms with E-state index >= 15 is 0 Å². The van der Waals surface area contributed by atoms with Crippen molar-refractivity contribution in [2.24, 2.45) is 0 Å². The zero-order valence-electron chi connectivity index (χ0n) is 19.8. The number of sulfone groups is 1. The molecule has 1 amide bonds. The lowest BCUT2D eigenvalue weighted by Crippen LogP contribution is -2.27. The highest BCUT2D eigenvalue weighted by Crippen LogP contribution is 2.26. The SMILES string of the molecule is CCS(=O)(=O)c1ncc(N(Cc2ccc(F)cc2)Cc2ccco2)c(C(=O)Nc2ccc(C)cc2)n1. The molecule has 4 rings (SSSR count). The molecule has 0 bridgehead atoms. The lowest BCUT2D eigenvalue weighted by Gasteiger charge is -2.25. The predicted octanol–water partition coefficient (Wildman–Crippen LogP) is 4.77. The van der Waals surface area contributed by atoms with Crippen LogP contribution in [-0.2, 0) is 22.9 Å². The molecular formula is C26H25FN4O4S. The van der Waals surface area contributed by atoms with Crippen molar-refractivity contribution in [2.45, 2.75) is 32.1 Å². The number of carbonyl (C=O) groups is 1. The summed E-state index contributed by atoms with van der Waals surface area (Å²) in [6.45, 7) is 3.90. The Balaban J connectivity index is 1.78. The lowest BCUT2D eigenvalue weighted by molar-refractivity contribution is 0.102. The van der Waals surface area contributed by atoms with Crippen molar-refractivity contribution in [1.29, 1.82) is 0 Å². The van der Waals surface area contributed by atoms with Crippen LogP contribution in [0, 0.1) is 12.7 Å². The first-order valence-electron chi connectivity index (χ1n) is 11.2. The molecule has 8 nitrogen and oxygen atoms in total. The van der Waals surface area contributed by atoms with E-state index in [4.69, 9.17) is 4.42 Å². The summed E-state index contributed by atoms with van der Waals surface area (Å²) in [5, 5.41) is 2.36. The molecule has 0 radical (unpaired) electrons. The van der Waals surface area contributed by atoms with E-state index in [2.05, 4.69) is 15.3 Å². The number of aromatic nitrogens is 2. The maximum absolute atomic E-state index is 13.5. The van der Waals surface area contributed by atoms with Gasteiger partial charge in [0.2, 0.25) is 15.0 Å². The Morgan fingerprint density at radius 3 is 2.42 bits per heavy atom. The Labute approximate surface area is 208 Å². The van der Waals surface area contributed by atoms with Gasteiger partial charge in [0.15, 0.2) is 5.69 Å². The fourth-order valence-corrected chi connectivity index (χ4v) is 4.19. The second kappa shape index (κ2) is 10.7. The number of halogens is 1. The average Bonchev–Trinajstić information content (AvgIpc) is 3.39. The Morgan fingerprint density at radius 1 is 1.06 bits per heavy atom. The highest BCUT2D eigenvalue weighted by molar-refractivity contribution is 7.91. The first-order chi connectivity index (χ1) is 17.2. The summed E-state index contributed by atoms with van der Waals surface area (Å²) in [7, 11) is -3.77. The lowest BCUT2D eigenvalue weighted by atomic mass is 10.1. The highest BCUT2D eigenvalue weighted by atomic mass is 32.2. The number of hydrogen-bond donors (Lipinski definition) is 1. The van der Waals surface area contributed by atoms with E-state index in [1.165, 1.54) is 31.5 Å². The molecule has 0 spiro atoms. The summed E-state index contributed by atoms with van der Waals surface area (Å²) in [5.74, 6) is -0.566. The van der Waals surface area contributed by atoms with Crippen molar-refractivity contribution in [3.63, 3.8) is 0 Å². The number of rotatable bonds is 9. The van der Waals surface area contributed by atoms with Gasteiger partial charge in [-0.05, 0) is 48.9 Å². The molecule has 2 heterocycles. The van der Waals surface area contributed by atoms with Crippen LogP contribution in [-0.4, -0.2) is 30.0 Å². The number of nitrogens with one attached hydrogen (secondary N) is 1. The fraction of sp³-hybridized carbons (Fsp3) is 0.192. The molecule has 0 aliphatic rings. The van der Waals surface area contributed by atoms with E-state index in [0.29, 0.717) is 17.1 Å². The van der Waals surface area contributed by atoms with Crippen LogP contribution in [0.1, 0.15) is 34.3 Å². The first-order valence-corrected chi connectivity index (χ1v) is 12.9. The summed E-state index contributed by atoms with van der Waals surface area (Å²) in [5.41, 5.74) is 2.52. The molecule has 186 valence electrons. The van der Waals surface area contributed by atoms with Gasteiger partial charge in [-0.1, -0.05) is 36.8 Å². The van der Waals surface area contributed by atoms with Gasteiger partial charge >= 0.3 is 0 Å². The standard InChI is InChI=1S/C26H25FN4O4S/c1-3-36(33,34)26-28-15-23(24(30-26)25(32)29-21-12-6-18(2)7-13-21)31(17-22-5-4-14-35-22)16-19-8-10-20(27)11-9-19/h4-15H,3,16-17H2,1-2H3,(H,29,32). The van der Waals surface area contributed by atoms with Crippen molar-refractivity contribution in [1.82, 2.24) is 9.97 Å². The number of amides is 1. The number of aryl methyl sites for hydroxylation is 1. The average molecular weight is 509 g/mol. The molecule has 0 aliphatic heterocycles. The van der Waals surface area contributed by atoms with E-state index in [1.54, 1.807) is 41.3 Å². The number of carbonyl (C=O) groups excluding carboxylic acids is 1. The number of furan rings is 1. The van der Waals surface area contributed by atoms with Crippen LogP contribution in [0.3, 0.4) is 0 Å². The van der Waals surface area contributed by atoms with Crippen LogP contribution in [0.25, 0.3) is 0 Å². The predicted molar refractivity (Wildman–Crippen MR) is 134 cm³/mol. The van der Waals surface area contributed by atoms with Crippen molar-refractivity contribution in [2.75, 3.05) is 16.0 Å². The largest absolute Gasteiger partial charge is 0.467 e. The fourth-order valence-electron chi connectivity index (χ4n) is 3.49. The Bertz CT molecular complexity index is 1440. The van der Waals surface area contributed by atoms with Gasteiger partial charge in [-0.2, -0.15) is 0 Å². The van der Waals surface area contributed by atoms with E-state index in [1.807, 2.05) is 19.1 Å². The third-order valence-electron chi connectivity index (χ3n) is 5.48. The highest BCUT2D eigenvalue weighted by Gasteiger charge is 2.25. The van der Waals surface area contributed by atoms with Crippen molar-refractivity contribution < 1.29 is 22.0 Å². The zero-order chi connectivity index (χ0) is 25.7. The molecule has 2 aromatic heterocycles. The van der Waals surface area contributed by atoms with E-state index in [-0.39, 0.29) is 30.4 Å². The molecule has 2 aromatic carbocycles. The molecule has 36 heavy (non-hydrogen) atoms. The summed E-state index contributed by atoms with van der Waals surface area (Å²) in [6, 6.07) is 16.7. The van der Waals surface area contributed by atoms with Crippen LogP contribution in [0.5, 0.6) is 0 Å². The van der Waals surface area contributed by atoms with Gasteiger partial charge in [0.1, 0.15) is 11.6 Å². The second-order valence-electron chi connectivity index (χ2n) is 8.17. The molecular weight excluding hydrogens is 483 g/mol. The summed E-state index contributed by atoms with van der Waals surface area (Å²) >= 11 is 0. The van der Waals surface area contributed by atoms with Crippen LogP contribution in [0.2, 0.25) is 0 Å².